The molecule has 0 aliphatic carbocycles. The zero-order valence-corrected chi connectivity index (χ0v) is 20.3. The summed E-state index contributed by atoms with van der Waals surface area (Å²) >= 11 is 0. The van der Waals surface area contributed by atoms with Gasteiger partial charge in [-0.05, 0) is 42.5 Å². The highest BCUT2D eigenvalue weighted by atomic mass is 32.2. The Labute approximate surface area is 206 Å². The van der Waals surface area contributed by atoms with Crippen LogP contribution in [-0.2, 0) is 21.0 Å². The van der Waals surface area contributed by atoms with E-state index in [2.05, 4.69) is 5.32 Å². The SMILES string of the molecule is COc1cccc(NC(=O)CN(c2cccc(C(F)(F)F)c2)S(=O)(=O)c2ccc(OC)c(OC)c2)c1. The van der Waals surface area contributed by atoms with Crippen molar-refractivity contribution in [2.45, 2.75) is 11.1 Å². The number of anilines is 2. The second kappa shape index (κ2) is 10.8. The maximum Gasteiger partial charge on any atom is 0.416 e. The van der Waals surface area contributed by atoms with Crippen molar-refractivity contribution in [3.8, 4) is 17.2 Å². The van der Waals surface area contributed by atoms with Gasteiger partial charge in [0, 0.05) is 17.8 Å². The number of carbonyl (C=O) groups excluding carboxylic acids is 1. The Morgan fingerprint density at radius 2 is 1.58 bits per heavy atom. The molecule has 0 atom stereocenters. The molecule has 0 bridgehead atoms. The Morgan fingerprint density at radius 3 is 2.22 bits per heavy atom. The molecule has 192 valence electrons. The van der Waals surface area contributed by atoms with Crippen LogP contribution in [0.5, 0.6) is 17.2 Å². The number of carbonyl (C=O) groups is 1. The second-order valence-corrected chi connectivity index (χ2v) is 9.22. The molecular formula is C24H23F3N2O6S. The van der Waals surface area contributed by atoms with E-state index in [9.17, 15) is 26.4 Å². The lowest BCUT2D eigenvalue weighted by atomic mass is 10.2. The molecule has 0 aromatic heterocycles. The number of methoxy groups -OCH3 is 3. The lowest BCUT2D eigenvalue weighted by Crippen LogP contribution is -2.38. The largest absolute Gasteiger partial charge is 0.497 e. The molecule has 0 radical (unpaired) electrons. The predicted octanol–water partition coefficient (Wildman–Crippen LogP) is 4.57. The van der Waals surface area contributed by atoms with Crippen LogP contribution in [0.4, 0.5) is 24.5 Å². The van der Waals surface area contributed by atoms with E-state index in [1.54, 1.807) is 18.2 Å². The standard InChI is InChI=1S/C24H23F3N2O6S/c1-33-19-9-5-7-17(13-19)28-23(30)15-29(18-8-4-6-16(12-18)24(25,26)27)36(31,32)20-10-11-21(34-2)22(14-20)35-3/h4-14H,15H2,1-3H3,(H,28,30). The van der Waals surface area contributed by atoms with Crippen molar-refractivity contribution in [2.75, 3.05) is 37.5 Å². The average molecular weight is 525 g/mol. The minimum atomic E-state index is -4.72. The van der Waals surface area contributed by atoms with Crippen molar-refractivity contribution >= 4 is 27.3 Å². The number of nitrogens with zero attached hydrogens (tertiary/aromatic N) is 1. The van der Waals surface area contributed by atoms with E-state index >= 15 is 0 Å². The molecule has 0 aliphatic heterocycles. The Morgan fingerprint density at radius 1 is 0.889 bits per heavy atom. The molecular weight excluding hydrogens is 501 g/mol. The van der Waals surface area contributed by atoms with Crippen LogP contribution in [0.15, 0.2) is 71.6 Å². The summed E-state index contributed by atoms with van der Waals surface area (Å²) in [5.74, 6) is -0.00793. The Kier molecular flexibility index (Phi) is 7.98. The van der Waals surface area contributed by atoms with Gasteiger partial charge in [0.25, 0.3) is 10.0 Å². The summed E-state index contributed by atoms with van der Waals surface area (Å²) < 4.78 is 83.3. The third-order valence-corrected chi connectivity index (χ3v) is 6.82. The first-order chi connectivity index (χ1) is 17.0. The fourth-order valence-corrected chi connectivity index (χ4v) is 4.72. The normalized spacial score (nSPS) is 11.5. The van der Waals surface area contributed by atoms with Gasteiger partial charge in [0.15, 0.2) is 11.5 Å². The van der Waals surface area contributed by atoms with Gasteiger partial charge < -0.3 is 19.5 Å². The highest BCUT2D eigenvalue weighted by Crippen LogP contribution is 2.35. The van der Waals surface area contributed by atoms with Gasteiger partial charge in [0.2, 0.25) is 5.91 Å². The molecule has 0 saturated heterocycles. The monoisotopic (exact) mass is 524 g/mol. The van der Waals surface area contributed by atoms with Gasteiger partial charge in [-0.1, -0.05) is 12.1 Å². The average Bonchev–Trinajstić information content (AvgIpc) is 2.86. The molecule has 3 rings (SSSR count). The maximum absolute atomic E-state index is 13.6. The molecule has 36 heavy (non-hydrogen) atoms. The number of halogens is 3. The molecule has 0 spiro atoms. The first kappa shape index (κ1) is 26.7. The third-order valence-electron chi connectivity index (χ3n) is 5.05. The fraction of sp³-hybridized carbons (Fsp3) is 0.208. The van der Waals surface area contributed by atoms with E-state index < -0.39 is 34.2 Å². The van der Waals surface area contributed by atoms with Crippen LogP contribution in [0.3, 0.4) is 0 Å². The van der Waals surface area contributed by atoms with Crippen LogP contribution >= 0.6 is 0 Å². The van der Waals surface area contributed by atoms with E-state index in [1.807, 2.05) is 0 Å². The summed E-state index contributed by atoms with van der Waals surface area (Å²) in [5, 5.41) is 2.53. The molecule has 1 amide bonds. The van der Waals surface area contributed by atoms with Crippen LogP contribution in [0, 0.1) is 0 Å². The second-order valence-electron chi connectivity index (χ2n) is 7.36. The predicted molar refractivity (Wildman–Crippen MR) is 127 cm³/mol. The summed E-state index contributed by atoms with van der Waals surface area (Å²) in [6.07, 6.45) is -4.72. The lowest BCUT2D eigenvalue weighted by Gasteiger charge is -2.25. The molecule has 0 heterocycles. The number of alkyl halides is 3. The third kappa shape index (κ3) is 6.00. The minimum absolute atomic E-state index is 0.0865. The molecule has 0 aliphatic rings. The smallest absolute Gasteiger partial charge is 0.416 e. The lowest BCUT2D eigenvalue weighted by molar-refractivity contribution is -0.137. The Hall–Kier alpha value is -3.93. The van der Waals surface area contributed by atoms with Crippen LogP contribution in [0.25, 0.3) is 0 Å². The molecule has 8 nitrogen and oxygen atoms in total. The van der Waals surface area contributed by atoms with Crippen molar-refractivity contribution in [2.24, 2.45) is 0 Å². The van der Waals surface area contributed by atoms with Gasteiger partial charge in [-0.3, -0.25) is 9.10 Å². The van der Waals surface area contributed by atoms with Gasteiger partial charge in [-0.15, -0.1) is 0 Å². The molecule has 0 unspecified atom stereocenters. The van der Waals surface area contributed by atoms with Gasteiger partial charge in [-0.25, -0.2) is 8.42 Å². The number of benzene rings is 3. The van der Waals surface area contributed by atoms with E-state index in [0.717, 1.165) is 18.2 Å². The van der Waals surface area contributed by atoms with E-state index in [4.69, 9.17) is 14.2 Å². The van der Waals surface area contributed by atoms with Crippen molar-refractivity contribution in [1.82, 2.24) is 0 Å². The zero-order valence-electron chi connectivity index (χ0n) is 19.5. The first-order valence-corrected chi connectivity index (χ1v) is 11.8. The van der Waals surface area contributed by atoms with Gasteiger partial charge in [-0.2, -0.15) is 13.2 Å². The highest BCUT2D eigenvalue weighted by Gasteiger charge is 2.33. The van der Waals surface area contributed by atoms with Crippen molar-refractivity contribution < 1.29 is 40.6 Å². The fourth-order valence-electron chi connectivity index (χ4n) is 3.29. The Balaban J connectivity index is 2.05. The van der Waals surface area contributed by atoms with Gasteiger partial charge in [0.05, 0.1) is 37.5 Å². The van der Waals surface area contributed by atoms with E-state index in [0.29, 0.717) is 21.8 Å². The number of hydrogen-bond acceptors (Lipinski definition) is 6. The van der Waals surface area contributed by atoms with E-state index in [-0.39, 0.29) is 22.1 Å². The Bertz CT molecular complexity index is 1350. The van der Waals surface area contributed by atoms with E-state index in [1.165, 1.54) is 45.6 Å². The zero-order chi connectivity index (χ0) is 26.5. The van der Waals surface area contributed by atoms with Crippen molar-refractivity contribution in [3.63, 3.8) is 0 Å². The highest BCUT2D eigenvalue weighted by molar-refractivity contribution is 7.92. The number of amides is 1. The number of sulfonamides is 1. The summed E-state index contributed by atoms with van der Waals surface area (Å²) in [7, 11) is -0.422. The molecule has 3 aromatic carbocycles. The molecule has 0 saturated carbocycles. The quantitative estimate of drug-likeness (QED) is 0.441. The molecule has 1 N–H and O–H groups in total. The topological polar surface area (TPSA) is 94.2 Å². The maximum atomic E-state index is 13.6. The molecule has 12 heteroatoms. The van der Waals surface area contributed by atoms with Crippen LogP contribution in [0.1, 0.15) is 5.56 Å². The van der Waals surface area contributed by atoms with Gasteiger partial charge in [0.1, 0.15) is 12.3 Å². The number of ether oxygens (including phenoxy) is 3. The summed E-state index contributed by atoms with van der Waals surface area (Å²) in [5.41, 5.74) is -1.10. The summed E-state index contributed by atoms with van der Waals surface area (Å²) in [4.78, 5) is 12.5. The minimum Gasteiger partial charge on any atom is -0.497 e. The van der Waals surface area contributed by atoms with Crippen molar-refractivity contribution in [1.29, 1.82) is 0 Å². The van der Waals surface area contributed by atoms with Crippen LogP contribution in [0.2, 0.25) is 0 Å². The number of hydrogen-bond donors (Lipinski definition) is 1. The van der Waals surface area contributed by atoms with Gasteiger partial charge >= 0.3 is 6.18 Å². The molecule has 0 fully saturated rings. The number of rotatable bonds is 9. The molecule has 3 aromatic rings. The van der Waals surface area contributed by atoms with Crippen LogP contribution < -0.4 is 23.8 Å². The summed E-state index contributed by atoms with van der Waals surface area (Å²) in [6, 6.07) is 13.7. The number of nitrogens with one attached hydrogen (secondary N) is 1. The first-order valence-electron chi connectivity index (χ1n) is 10.4. The van der Waals surface area contributed by atoms with Crippen LogP contribution in [-0.4, -0.2) is 42.2 Å². The summed E-state index contributed by atoms with van der Waals surface area (Å²) in [6.45, 7) is -0.810. The van der Waals surface area contributed by atoms with Crippen molar-refractivity contribution in [3.05, 3.63) is 72.3 Å².